The number of aryl methyl sites for hydroxylation is 3. The van der Waals surface area contributed by atoms with Gasteiger partial charge in [-0.3, -0.25) is 0 Å². The monoisotopic (exact) mass is 658 g/mol. The van der Waals surface area contributed by atoms with Gasteiger partial charge in [0.05, 0.1) is 0 Å². The molecule has 10 rings (SSSR count). The van der Waals surface area contributed by atoms with Gasteiger partial charge in [0.1, 0.15) is 0 Å². The van der Waals surface area contributed by atoms with E-state index in [1.54, 1.807) is 55.3 Å². The first-order valence-electron chi connectivity index (χ1n) is 20.7. The van der Waals surface area contributed by atoms with E-state index in [-0.39, 0.29) is 10.8 Å². The summed E-state index contributed by atoms with van der Waals surface area (Å²) in [5.74, 6) is 4.63. The van der Waals surface area contributed by atoms with Gasteiger partial charge in [-0.25, -0.2) is 0 Å². The van der Waals surface area contributed by atoms with E-state index in [0.29, 0.717) is 0 Å². The van der Waals surface area contributed by atoms with E-state index >= 15 is 0 Å². The summed E-state index contributed by atoms with van der Waals surface area (Å²) in [6.45, 7) is 17.6. The maximum Gasteiger partial charge on any atom is 0.0288 e. The minimum Gasteiger partial charge on any atom is -0.0625 e. The fraction of sp³-hybridized carbons (Fsp3) is 0.520. The molecule has 258 valence electrons. The van der Waals surface area contributed by atoms with Gasteiger partial charge in [0.25, 0.3) is 0 Å². The number of benzene rings is 4. The van der Waals surface area contributed by atoms with Crippen molar-refractivity contribution < 1.29 is 0 Å². The summed E-state index contributed by atoms with van der Waals surface area (Å²) < 4.78 is 0. The van der Waals surface area contributed by atoms with E-state index in [1.807, 2.05) is 0 Å². The highest BCUT2D eigenvalue weighted by molar-refractivity contribution is 6.10. The predicted molar refractivity (Wildman–Crippen MR) is 213 cm³/mol. The molecule has 3 saturated carbocycles. The predicted octanol–water partition coefficient (Wildman–Crippen LogP) is 13.5. The lowest BCUT2D eigenvalue weighted by Crippen LogP contribution is -2.66. The van der Waals surface area contributed by atoms with Gasteiger partial charge in [-0.15, -0.1) is 0 Å². The second-order valence-electron chi connectivity index (χ2n) is 18.9. The highest BCUT2D eigenvalue weighted by atomic mass is 14.7. The SMILES string of the molecule is Cc1cc(C)c2c(C)cc3c(c2c1)C1(c2ccc4c(c2-3)C(C)(C)C2=C4Cc3ccccc32)C(C2CCCCC2)C(C(C)C)C1C1CCCCC1. The number of hydrogen-bond donors (Lipinski definition) is 0. The normalized spacial score (nSPS) is 28.2. The van der Waals surface area contributed by atoms with Crippen LogP contribution in [-0.4, -0.2) is 0 Å². The van der Waals surface area contributed by atoms with Gasteiger partial charge in [-0.05, 0) is 140 Å². The molecule has 0 heteroatoms. The van der Waals surface area contributed by atoms with Crippen molar-refractivity contribution in [1.29, 1.82) is 0 Å². The average Bonchev–Trinajstić information content (AvgIpc) is 3.70. The van der Waals surface area contributed by atoms with Crippen molar-refractivity contribution in [1.82, 2.24) is 0 Å². The summed E-state index contributed by atoms with van der Waals surface area (Å²) >= 11 is 0. The third kappa shape index (κ3) is 3.90. The molecule has 0 bridgehead atoms. The lowest BCUT2D eigenvalue weighted by atomic mass is 9.35. The molecule has 0 amide bonds. The molecule has 0 radical (unpaired) electrons. The van der Waals surface area contributed by atoms with Crippen molar-refractivity contribution in [2.24, 2.45) is 35.5 Å². The Kier molecular flexibility index (Phi) is 6.92. The maximum atomic E-state index is 2.75. The van der Waals surface area contributed by atoms with E-state index in [4.69, 9.17) is 0 Å². The van der Waals surface area contributed by atoms with Gasteiger partial charge in [0, 0.05) is 10.8 Å². The number of allylic oxidation sites excluding steroid dienone is 2. The molecule has 2 atom stereocenters. The van der Waals surface area contributed by atoms with E-state index < -0.39 is 0 Å². The third-order valence-electron chi connectivity index (χ3n) is 15.6. The van der Waals surface area contributed by atoms with Crippen LogP contribution in [0, 0.1) is 56.3 Å². The standard InChI is InChI=1S/C50H58/c1-28(2)41-44(32-16-10-8-11-17-32)50(45(41)33-18-12-9-13-19-33)40-23-22-36-37-27-34-20-14-15-21-35(34)46(37)49(6,7)48(36)43(40)39-26-31(5)42-30(4)24-29(3)25-38(42)47(39)50/h14-15,20-26,28,32-33,41,44-45H,8-13,16-19,27H2,1-7H3. The zero-order valence-electron chi connectivity index (χ0n) is 31.9. The quantitative estimate of drug-likeness (QED) is 0.205. The van der Waals surface area contributed by atoms with Crippen LogP contribution in [0.25, 0.3) is 33.0 Å². The van der Waals surface area contributed by atoms with E-state index in [0.717, 1.165) is 41.9 Å². The molecule has 0 N–H and O–H groups in total. The molecule has 3 fully saturated rings. The smallest absolute Gasteiger partial charge is 0.0288 e. The topological polar surface area (TPSA) is 0 Å². The van der Waals surface area contributed by atoms with Gasteiger partial charge in [0.15, 0.2) is 0 Å². The Hall–Kier alpha value is -3.12. The van der Waals surface area contributed by atoms with E-state index in [1.165, 1.54) is 92.0 Å². The van der Waals surface area contributed by atoms with Crippen LogP contribution >= 0.6 is 0 Å². The lowest BCUT2D eigenvalue weighted by molar-refractivity contribution is -0.130. The Bertz CT molecular complexity index is 2080. The molecule has 0 heterocycles. The van der Waals surface area contributed by atoms with Gasteiger partial charge in [0.2, 0.25) is 0 Å². The largest absolute Gasteiger partial charge is 0.0625 e. The van der Waals surface area contributed by atoms with Crippen LogP contribution in [0.4, 0.5) is 0 Å². The van der Waals surface area contributed by atoms with Crippen molar-refractivity contribution in [3.05, 3.63) is 105 Å². The Morgan fingerprint density at radius 3 is 1.96 bits per heavy atom. The van der Waals surface area contributed by atoms with Crippen LogP contribution in [0.3, 0.4) is 0 Å². The van der Waals surface area contributed by atoms with Crippen molar-refractivity contribution in [2.75, 3.05) is 0 Å². The van der Waals surface area contributed by atoms with Crippen LogP contribution in [-0.2, 0) is 17.3 Å². The molecular formula is C50H58. The summed E-state index contributed by atoms with van der Waals surface area (Å²) in [6.07, 6.45) is 15.4. The number of hydrogen-bond acceptors (Lipinski definition) is 0. The van der Waals surface area contributed by atoms with Gasteiger partial charge in [-0.1, -0.05) is 152 Å². The molecule has 4 aromatic rings. The summed E-state index contributed by atoms with van der Waals surface area (Å²) in [5, 5.41) is 3.15. The molecule has 2 unspecified atom stereocenters. The second kappa shape index (κ2) is 10.9. The molecule has 0 aromatic heterocycles. The summed E-state index contributed by atoms with van der Waals surface area (Å²) in [5.41, 5.74) is 20.8. The Morgan fingerprint density at radius 2 is 1.30 bits per heavy atom. The van der Waals surface area contributed by atoms with Crippen LogP contribution in [0.5, 0.6) is 0 Å². The molecular weight excluding hydrogens is 601 g/mol. The Balaban J connectivity index is 1.33. The molecule has 0 aliphatic heterocycles. The van der Waals surface area contributed by atoms with Crippen LogP contribution < -0.4 is 0 Å². The second-order valence-corrected chi connectivity index (χ2v) is 18.9. The fourth-order valence-electron chi connectivity index (χ4n) is 14.3. The van der Waals surface area contributed by atoms with Crippen molar-refractivity contribution >= 4 is 21.9 Å². The molecule has 0 saturated heterocycles. The molecule has 4 aromatic carbocycles. The highest BCUT2D eigenvalue weighted by Crippen LogP contribution is 2.76. The molecule has 6 aliphatic carbocycles. The first kappa shape index (κ1) is 31.6. The molecule has 0 nitrogen and oxygen atoms in total. The minimum absolute atomic E-state index is 0.0291. The Labute approximate surface area is 302 Å². The van der Waals surface area contributed by atoms with Crippen molar-refractivity contribution in [3.8, 4) is 11.1 Å². The van der Waals surface area contributed by atoms with Crippen LogP contribution in [0.1, 0.15) is 142 Å². The summed E-state index contributed by atoms with van der Waals surface area (Å²) in [4.78, 5) is 0. The van der Waals surface area contributed by atoms with Gasteiger partial charge >= 0.3 is 0 Å². The van der Waals surface area contributed by atoms with Gasteiger partial charge < -0.3 is 0 Å². The van der Waals surface area contributed by atoms with E-state index in [2.05, 4.69) is 103 Å². The zero-order valence-corrected chi connectivity index (χ0v) is 31.9. The first-order chi connectivity index (χ1) is 24.2. The van der Waals surface area contributed by atoms with Crippen LogP contribution in [0.15, 0.2) is 54.6 Å². The maximum absolute atomic E-state index is 2.75. The first-order valence-corrected chi connectivity index (χ1v) is 20.7. The highest BCUT2D eigenvalue weighted by Gasteiger charge is 2.70. The number of rotatable bonds is 3. The molecule has 50 heavy (non-hydrogen) atoms. The summed E-state index contributed by atoms with van der Waals surface area (Å²) in [6, 6.07) is 22.5. The average molecular weight is 659 g/mol. The summed E-state index contributed by atoms with van der Waals surface area (Å²) in [7, 11) is 0. The zero-order chi connectivity index (χ0) is 34.3. The molecule has 6 aliphatic rings. The molecule has 1 spiro atoms. The van der Waals surface area contributed by atoms with Crippen molar-refractivity contribution in [2.45, 2.75) is 130 Å². The number of fused-ring (bicyclic) bond motifs is 12. The minimum atomic E-state index is -0.0291. The third-order valence-corrected chi connectivity index (χ3v) is 15.6. The lowest BCUT2D eigenvalue weighted by Gasteiger charge is -2.68. The van der Waals surface area contributed by atoms with Crippen LogP contribution in [0.2, 0.25) is 0 Å². The van der Waals surface area contributed by atoms with Gasteiger partial charge in [-0.2, -0.15) is 0 Å². The van der Waals surface area contributed by atoms with E-state index in [9.17, 15) is 0 Å². The fourth-order valence-corrected chi connectivity index (χ4v) is 14.3. The Morgan fingerprint density at radius 1 is 0.660 bits per heavy atom. The van der Waals surface area contributed by atoms with Crippen molar-refractivity contribution in [3.63, 3.8) is 0 Å².